The molecule has 3 N–H and O–H groups in total. The number of nitrogens with one attached hydrogen (secondary N) is 3. The number of anilines is 4. The molecule has 0 bridgehead atoms. The summed E-state index contributed by atoms with van der Waals surface area (Å²) in [6.07, 6.45) is -3.58. The van der Waals surface area contributed by atoms with E-state index in [4.69, 9.17) is 17.0 Å². The van der Waals surface area contributed by atoms with Crippen molar-refractivity contribution in [1.29, 1.82) is 5.26 Å². The number of amides is 4. The summed E-state index contributed by atoms with van der Waals surface area (Å²) in [5.41, 5.74) is -0.0869. The van der Waals surface area contributed by atoms with E-state index in [9.17, 15) is 37.6 Å². The van der Waals surface area contributed by atoms with Crippen LogP contribution in [0.4, 0.5) is 35.9 Å². The Balaban J connectivity index is 1.03. The fourth-order valence-corrected chi connectivity index (χ4v) is 8.08. The summed E-state index contributed by atoms with van der Waals surface area (Å²) in [5, 5.41) is 17.6. The summed E-state index contributed by atoms with van der Waals surface area (Å²) in [6, 6.07) is 16.5. The van der Waals surface area contributed by atoms with Crippen molar-refractivity contribution in [3.05, 3.63) is 89.6 Å². The third kappa shape index (κ3) is 9.03. The summed E-state index contributed by atoms with van der Waals surface area (Å²) < 4.78 is 47.6. The van der Waals surface area contributed by atoms with Gasteiger partial charge in [0.2, 0.25) is 11.8 Å². The van der Waals surface area contributed by atoms with Crippen molar-refractivity contribution in [3.8, 4) is 11.8 Å². The Morgan fingerprint density at radius 3 is 2.47 bits per heavy atom. The SMILES string of the molecule is C=C(C(=O)Nc1cccc(N[C@@H]2CCC(=O)NC2=O)c1)N1CCN(CCOc2ccc(N3C(=S)N(c4ccc(C#N)c(C(F)(F)F)c4)C(=O)C3(C)C)cc2CC)C[C@@H]1C. The maximum atomic E-state index is 13.8. The molecule has 0 saturated carbocycles. The molecular formula is C42H45F3N8O5S. The minimum atomic E-state index is -4.80. The van der Waals surface area contributed by atoms with E-state index in [0.29, 0.717) is 74.1 Å². The lowest BCUT2D eigenvalue weighted by molar-refractivity contribution is -0.138. The van der Waals surface area contributed by atoms with Crippen LogP contribution in [0.15, 0.2) is 72.9 Å². The van der Waals surface area contributed by atoms with E-state index in [2.05, 4.69) is 27.4 Å². The van der Waals surface area contributed by atoms with Crippen LogP contribution in [0.3, 0.4) is 0 Å². The number of carbonyl (C=O) groups excluding carboxylic acids is 4. The minimum absolute atomic E-state index is 0.00974. The topological polar surface area (TPSA) is 150 Å². The third-order valence-electron chi connectivity index (χ3n) is 10.7. The van der Waals surface area contributed by atoms with Gasteiger partial charge in [-0.15, -0.1) is 0 Å². The van der Waals surface area contributed by atoms with Gasteiger partial charge < -0.3 is 25.2 Å². The number of alkyl halides is 3. The van der Waals surface area contributed by atoms with Crippen LogP contribution < -0.4 is 30.5 Å². The number of rotatable bonds is 12. The van der Waals surface area contributed by atoms with Crippen molar-refractivity contribution in [3.63, 3.8) is 0 Å². The predicted molar refractivity (Wildman–Crippen MR) is 221 cm³/mol. The summed E-state index contributed by atoms with van der Waals surface area (Å²) >= 11 is 5.71. The van der Waals surface area contributed by atoms with Gasteiger partial charge in [-0.05, 0) is 106 Å². The fraction of sp³-hybridized carbons (Fsp3) is 0.381. The average molecular weight is 831 g/mol. The van der Waals surface area contributed by atoms with Gasteiger partial charge >= 0.3 is 6.18 Å². The van der Waals surface area contributed by atoms with Crippen molar-refractivity contribution < 1.29 is 37.1 Å². The lowest BCUT2D eigenvalue weighted by Crippen LogP contribution is -2.53. The van der Waals surface area contributed by atoms with Crippen molar-refractivity contribution in [2.45, 2.75) is 70.8 Å². The lowest BCUT2D eigenvalue weighted by Gasteiger charge is -2.41. The van der Waals surface area contributed by atoms with Crippen LogP contribution in [0.25, 0.3) is 0 Å². The summed E-state index contributed by atoms with van der Waals surface area (Å²) in [5.74, 6) is -0.884. The molecule has 3 aromatic carbocycles. The van der Waals surface area contributed by atoms with Gasteiger partial charge in [0.25, 0.3) is 11.8 Å². The van der Waals surface area contributed by atoms with Crippen LogP contribution in [-0.2, 0) is 31.8 Å². The molecule has 13 nitrogen and oxygen atoms in total. The number of aryl methyl sites for hydroxylation is 1. The van der Waals surface area contributed by atoms with E-state index in [0.717, 1.165) is 22.6 Å². The highest BCUT2D eigenvalue weighted by molar-refractivity contribution is 7.81. The number of ether oxygens (including phenoxy) is 1. The highest BCUT2D eigenvalue weighted by atomic mass is 32.1. The Morgan fingerprint density at radius 2 is 1.80 bits per heavy atom. The average Bonchev–Trinajstić information content (AvgIpc) is 3.37. The van der Waals surface area contributed by atoms with E-state index < -0.39 is 34.8 Å². The number of halogens is 3. The molecule has 3 aliphatic rings. The van der Waals surface area contributed by atoms with Crippen molar-refractivity contribution in [1.82, 2.24) is 15.1 Å². The molecule has 17 heteroatoms. The minimum Gasteiger partial charge on any atom is -0.492 e. The number of nitrogens with zero attached hydrogens (tertiary/aromatic N) is 5. The van der Waals surface area contributed by atoms with E-state index in [1.165, 1.54) is 6.07 Å². The van der Waals surface area contributed by atoms with Gasteiger partial charge in [0.05, 0.1) is 28.6 Å². The van der Waals surface area contributed by atoms with Crippen LogP contribution in [0.1, 0.15) is 57.2 Å². The Bertz CT molecular complexity index is 2240. The van der Waals surface area contributed by atoms with Crippen molar-refractivity contribution in [2.24, 2.45) is 0 Å². The second-order valence-electron chi connectivity index (χ2n) is 15.1. The van der Waals surface area contributed by atoms with E-state index >= 15 is 0 Å². The van der Waals surface area contributed by atoms with Gasteiger partial charge in [-0.25, -0.2) is 0 Å². The molecule has 0 spiro atoms. The molecular weight excluding hydrogens is 786 g/mol. The van der Waals surface area contributed by atoms with E-state index in [1.807, 2.05) is 24.8 Å². The molecule has 3 saturated heterocycles. The Labute approximate surface area is 345 Å². The Kier molecular flexibility index (Phi) is 12.3. The zero-order valence-electron chi connectivity index (χ0n) is 33.1. The number of piperazine rings is 1. The number of piperidine rings is 1. The zero-order chi connectivity index (χ0) is 42.8. The Hall–Kier alpha value is -5.99. The van der Waals surface area contributed by atoms with Gasteiger partial charge in [0.1, 0.15) is 23.9 Å². The maximum Gasteiger partial charge on any atom is 0.417 e. The molecule has 310 valence electrons. The van der Waals surface area contributed by atoms with Crippen LogP contribution >= 0.6 is 12.2 Å². The number of carbonyl (C=O) groups is 4. The summed E-state index contributed by atoms with van der Waals surface area (Å²) in [7, 11) is 0. The first-order valence-corrected chi connectivity index (χ1v) is 19.6. The van der Waals surface area contributed by atoms with E-state index in [-0.39, 0.29) is 41.0 Å². The standard InChI is InChI=1S/C42H45F3N8O5S/c1-6-27-20-32(53-40(59)52(39(57)41(53,4)5)31-11-10-28(23-46)33(22-31)42(43,44)45)12-14-35(27)58-19-18-50-16-17-51(25(2)24-50)26(3)37(55)48-30-9-7-8-29(21-30)47-34-13-15-36(54)49-38(34)56/h7-12,14,20-22,25,34,47H,3,6,13,15-19,24H2,1-2,4-5H3,(H,48,55)(H,49,54,56)/t25-,34+/m0/s1. The molecule has 6 rings (SSSR count). The van der Waals surface area contributed by atoms with Gasteiger partial charge in [-0.1, -0.05) is 19.6 Å². The van der Waals surface area contributed by atoms with Gasteiger partial charge in [0.15, 0.2) is 5.11 Å². The first-order chi connectivity index (χ1) is 27.9. The fourth-order valence-electron chi connectivity index (χ4n) is 7.56. The summed E-state index contributed by atoms with van der Waals surface area (Å²) in [4.78, 5) is 57.5. The van der Waals surface area contributed by atoms with Crippen molar-refractivity contribution in [2.75, 3.05) is 53.2 Å². The normalized spacial score (nSPS) is 19.7. The molecule has 3 fully saturated rings. The smallest absolute Gasteiger partial charge is 0.417 e. The number of nitriles is 1. The molecule has 0 unspecified atom stereocenters. The van der Waals surface area contributed by atoms with E-state index in [1.54, 1.807) is 61.2 Å². The molecule has 59 heavy (non-hydrogen) atoms. The van der Waals surface area contributed by atoms with Crippen LogP contribution in [0.5, 0.6) is 5.75 Å². The second-order valence-corrected chi connectivity index (χ2v) is 15.5. The van der Waals surface area contributed by atoms with Gasteiger partial charge in [-0.2, -0.15) is 18.4 Å². The van der Waals surface area contributed by atoms with Crippen LogP contribution in [0.2, 0.25) is 0 Å². The molecule has 4 amide bonds. The molecule has 0 aliphatic carbocycles. The number of hydrogen-bond acceptors (Lipinski definition) is 10. The predicted octanol–water partition coefficient (Wildman–Crippen LogP) is 5.81. The highest BCUT2D eigenvalue weighted by Crippen LogP contribution is 2.40. The zero-order valence-corrected chi connectivity index (χ0v) is 33.9. The molecule has 0 aromatic heterocycles. The number of hydrogen-bond donors (Lipinski definition) is 3. The maximum absolute atomic E-state index is 13.8. The highest BCUT2D eigenvalue weighted by Gasteiger charge is 2.51. The quantitative estimate of drug-likeness (QED) is 0.115. The van der Waals surface area contributed by atoms with Crippen molar-refractivity contribution >= 4 is 63.7 Å². The first kappa shape index (κ1) is 42.6. The lowest BCUT2D eigenvalue weighted by atomic mass is 10.0. The molecule has 3 heterocycles. The molecule has 3 aromatic rings. The largest absolute Gasteiger partial charge is 0.492 e. The second kappa shape index (κ2) is 17.1. The first-order valence-electron chi connectivity index (χ1n) is 19.2. The monoisotopic (exact) mass is 830 g/mol. The number of thiocarbonyl (C=S) groups is 1. The molecule has 2 atom stereocenters. The van der Waals surface area contributed by atoms with Crippen LogP contribution in [-0.4, -0.2) is 88.9 Å². The van der Waals surface area contributed by atoms with Gasteiger partial charge in [0, 0.05) is 55.7 Å². The van der Waals surface area contributed by atoms with Gasteiger partial charge in [-0.3, -0.25) is 34.3 Å². The third-order valence-corrected chi connectivity index (χ3v) is 11.1. The number of imide groups is 1. The molecule has 3 aliphatic heterocycles. The Morgan fingerprint density at radius 1 is 1.07 bits per heavy atom. The number of benzene rings is 3. The summed E-state index contributed by atoms with van der Waals surface area (Å²) in [6.45, 7) is 14.3. The van der Waals surface area contributed by atoms with Crippen LogP contribution in [0, 0.1) is 11.3 Å². The molecule has 0 radical (unpaired) electrons.